The lowest BCUT2D eigenvalue weighted by Gasteiger charge is -2.54. The van der Waals surface area contributed by atoms with Crippen LogP contribution in [0, 0.1) is 11.7 Å². The van der Waals surface area contributed by atoms with E-state index in [9.17, 15) is 17.6 Å². The van der Waals surface area contributed by atoms with Gasteiger partial charge in [-0.05, 0) is 56.0 Å². The van der Waals surface area contributed by atoms with Gasteiger partial charge in [0.15, 0.2) is 5.78 Å². The molecule has 4 rings (SSSR count). The summed E-state index contributed by atoms with van der Waals surface area (Å²) in [6.07, 6.45) is 2.92. The number of ether oxygens (including phenoxy) is 1. The number of carbonyl (C=O) groups is 1. The Kier molecular flexibility index (Phi) is 7.76. The van der Waals surface area contributed by atoms with E-state index < -0.39 is 21.8 Å². The van der Waals surface area contributed by atoms with E-state index in [1.807, 2.05) is 19.1 Å². The second kappa shape index (κ2) is 10.5. The van der Waals surface area contributed by atoms with E-state index >= 15 is 0 Å². The van der Waals surface area contributed by atoms with Gasteiger partial charge in [-0.1, -0.05) is 38.5 Å². The Morgan fingerprint density at radius 3 is 2.31 bits per heavy atom. The molecule has 0 amide bonds. The number of sulfonamides is 1. The largest absolute Gasteiger partial charge is 0.370 e. The average Bonchev–Trinajstić information content (AvgIpc) is 2.87. The zero-order valence-corrected chi connectivity index (χ0v) is 21.6. The van der Waals surface area contributed by atoms with Gasteiger partial charge in [0.1, 0.15) is 17.6 Å². The molecule has 0 radical (unpaired) electrons. The van der Waals surface area contributed by atoms with Gasteiger partial charge in [0, 0.05) is 43.8 Å². The van der Waals surface area contributed by atoms with Gasteiger partial charge in [-0.2, -0.15) is 4.31 Å². The topological polar surface area (TPSA) is 66.9 Å². The molecule has 2 atom stereocenters. The smallest absolute Gasteiger partial charge is 0.244 e. The molecule has 8 heteroatoms. The van der Waals surface area contributed by atoms with Crippen LogP contribution >= 0.6 is 0 Å². The van der Waals surface area contributed by atoms with Crippen LogP contribution in [-0.4, -0.2) is 56.3 Å². The first-order valence-electron chi connectivity index (χ1n) is 12.5. The summed E-state index contributed by atoms with van der Waals surface area (Å²) in [5, 5.41) is 0. The second-order valence-corrected chi connectivity index (χ2v) is 11.4. The summed E-state index contributed by atoms with van der Waals surface area (Å²) < 4.78 is 48.8. The van der Waals surface area contributed by atoms with Crippen molar-refractivity contribution in [1.29, 1.82) is 0 Å². The molecule has 2 aliphatic rings. The van der Waals surface area contributed by atoms with Gasteiger partial charge in [-0.15, -0.1) is 0 Å². The third-order valence-corrected chi connectivity index (χ3v) is 9.34. The normalized spacial score (nSPS) is 25.3. The number of halogens is 1. The lowest BCUT2D eigenvalue weighted by molar-refractivity contribution is -0.139. The van der Waals surface area contributed by atoms with E-state index in [0.29, 0.717) is 61.3 Å². The van der Waals surface area contributed by atoms with Crippen molar-refractivity contribution in [3.05, 3.63) is 65.5 Å². The molecule has 1 saturated heterocycles. The van der Waals surface area contributed by atoms with Gasteiger partial charge < -0.3 is 4.74 Å². The number of methoxy groups -OCH3 is 1. The number of fused-ring (bicyclic) bond motifs is 1. The number of ketones is 1. The van der Waals surface area contributed by atoms with Crippen LogP contribution in [0.25, 0.3) is 0 Å². The van der Waals surface area contributed by atoms with Crippen molar-refractivity contribution in [2.45, 2.75) is 62.6 Å². The van der Waals surface area contributed by atoms with Crippen LogP contribution in [0.2, 0.25) is 0 Å². The molecular weight excluding hydrogens is 467 g/mol. The second-order valence-electron chi connectivity index (χ2n) is 9.51. The number of Topliss-reactive ketones (excluding diaryl/α,β-unsaturated/α-hetero) is 1. The third-order valence-electron chi connectivity index (χ3n) is 7.42. The zero-order valence-electron chi connectivity index (χ0n) is 20.7. The van der Waals surface area contributed by atoms with Gasteiger partial charge in [0.05, 0.1) is 4.90 Å². The van der Waals surface area contributed by atoms with Crippen LogP contribution in [0.3, 0.4) is 0 Å². The number of hydrogen-bond acceptors (Lipinski definition) is 5. The Bertz CT molecular complexity index is 1150. The molecule has 6 nitrogen and oxygen atoms in total. The molecule has 2 aromatic carbocycles. The summed E-state index contributed by atoms with van der Waals surface area (Å²) in [7, 11) is -2.04. The highest BCUT2D eigenvalue weighted by atomic mass is 32.2. The molecule has 35 heavy (non-hydrogen) atoms. The average molecular weight is 503 g/mol. The number of piperidine rings is 1. The van der Waals surface area contributed by atoms with Crippen molar-refractivity contribution in [3.63, 3.8) is 0 Å². The minimum absolute atomic E-state index is 0.0169. The Labute approximate surface area is 208 Å². The quantitative estimate of drug-likeness (QED) is 0.485. The molecule has 0 spiro atoms. The van der Waals surface area contributed by atoms with Crippen LogP contribution in [0.1, 0.15) is 61.9 Å². The third kappa shape index (κ3) is 4.57. The summed E-state index contributed by atoms with van der Waals surface area (Å²) in [6, 6.07) is 12.9. The summed E-state index contributed by atoms with van der Waals surface area (Å²) >= 11 is 0. The highest BCUT2D eigenvalue weighted by molar-refractivity contribution is 7.89. The summed E-state index contributed by atoms with van der Waals surface area (Å²) in [6.45, 7) is 5.62. The van der Waals surface area contributed by atoms with Crippen LogP contribution in [0.4, 0.5) is 4.39 Å². The first-order chi connectivity index (χ1) is 16.8. The lowest BCUT2D eigenvalue weighted by atomic mass is 9.82. The predicted octanol–water partition coefficient (Wildman–Crippen LogP) is 4.80. The maximum absolute atomic E-state index is 13.8. The van der Waals surface area contributed by atoms with Crippen molar-refractivity contribution >= 4 is 15.8 Å². The van der Waals surface area contributed by atoms with Gasteiger partial charge in [-0.3, -0.25) is 9.69 Å². The standard InChI is InChI=1S/C27H35FN2O4S/c1-4-16-27(34-3)23-8-6-7-9-24(23)35(32,33)30(17-5-2)26(27)29-18-14-21(15-19-29)25(31)20-10-12-22(28)13-11-20/h6-13,21,26H,4-5,14-19H2,1-3H3. The molecule has 0 aromatic heterocycles. The van der Waals surface area contributed by atoms with E-state index in [2.05, 4.69) is 11.8 Å². The molecular formula is C27H35FN2O4S. The number of hydrogen-bond donors (Lipinski definition) is 0. The van der Waals surface area contributed by atoms with Crippen molar-refractivity contribution < 1.29 is 22.3 Å². The lowest BCUT2D eigenvalue weighted by Crippen LogP contribution is -2.66. The molecule has 190 valence electrons. The van der Waals surface area contributed by atoms with Gasteiger partial charge in [0.2, 0.25) is 10.0 Å². The number of carbonyl (C=O) groups excluding carboxylic acids is 1. The first kappa shape index (κ1) is 25.9. The Morgan fingerprint density at radius 1 is 1.06 bits per heavy atom. The zero-order chi connectivity index (χ0) is 25.2. The molecule has 0 saturated carbocycles. The van der Waals surface area contributed by atoms with Crippen LogP contribution in [0.15, 0.2) is 53.4 Å². The minimum atomic E-state index is -3.71. The van der Waals surface area contributed by atoms with E-state index in [-0.39, 0.29) is 17.5 Å². The molecule has 2 unspecified atom stereocenters. The van der Waals surface area contributed by atoms with E-state index in [4.69, 9.17) is 4.74 Å². The van der Waals surface area contributed by atoms with E-state index in [0.717, 1.165) is 6.42 Å². The molecule has 0 N–H and O–H groups in total. The number of rotatable bonds is 8. The first-order valence-corrected chi connectivity index (χ1v) is 13.9. The summed E-state index contributed by atoms with van der Waals surface area (Å²) in [5.41, 5.74) is 0.426. The van der Waals surface area contributed by atoms with Gasteiger partial charge in [-0.25, -0.2) is 12.8 Å². The molecule has 0 bridgehead atoms. The SMILES string of the molecule is CCCN1C(N2CCC(C(=O)c3ccc(F)cc3)CC2)C(CCC)(OC)c2ccccc2S1(=O)=O. The van der Waals surface area contributed by atoms with Crippen LogP contribution < -0.4 is 0 Å². The minimum Gasteiger partial charge on any atom is -0.370 e. The Morgan fingerprint density at radius 2 is 1.71 bits per heavy atom. The monoisotopic (exact) mass is 502 g/mol. The summed E-state index contributed by atoms with van der Waals surface area (Å²) in [4.78, 5) is 15.6. The highest BCUT2D eigenvalue weighted by Crippen LogP contribution is 2.47. The Hall–Kier alpha value is -2.13. The Balaban J connectivity index is 1.68. The molecule has 2 heterocycles. The van der Waals surface area contributed by atoms with E-state index in [1.54, 1.807) is 23.5 Å². The highest BCUT2D eigenvalue weighted by Gasteiger charge is 2.56. The number of nitrogens with zero attached hydrogens (tertiary/aromatic N) is 2. The maximum atomic E-state index is 13.8. The molecule has 1 fully saturated rings. The fourth-order valence-corrected chi connectivity index (χ4v) is 7.83. The number of likely N-dealkylation sites (tertiary alicyclic amines) is 1. The predicted molar refractivity (Wildman–Crippen MR) is 133 cm³/mol. The maximum Gasteiger partial charge on any atom is 0.244 e. The van der Waals surface area contributed by atoms with Crippen molar-refractivity contribution in [1.82, 2.24) is 9.21 Å². The van der Waals surface area contributed by atoms with Crippen LogP contribution in [-0.2, 0) is 20.4 Å². The fraction of sp³-hybridized carbons (Fsp3) is 0.519. The molecule has 0 aliphatic carbocycles. The number of benzene rings is 2. The molecule has 2 aliphatic heterocycles. The fourth-order valence-electron chi connectivity index (χ4n) is 5.82. The van der Waals surface area contributed by atoms with Crippen molar-refractivity contribution in [3.8, 4) is 0 Å². The van der Waals surface area contributed by atoms with Crippen LogP contribution in [0.5, 0.6) is 0 Å². The molecule has 2 aromatic rings. The van der Waals surface area contributed by atoms with Gasteiger partial charge in [0.25, 0.3) is 0 Å². The van der Waals surface area contributed by atoms with Crippen molar-refractivity contribution in [2.24, 2.45) is 5.92 Å². The van der Waals surface area contributed by atoms with Gasteiger partial charge >= 0.3 is 0 Å². The summed E-state index contributed by atoms with van der Waals surface area (Å²) in [5.74, 6) is -0.520. The van der Waals surface area contributed by atoms with E-state index in [1.165, 1.54) is 24.3 Å². The van der Waals surface area contributed by atoms with Crippen molar-refractivity contribution in [2.75, 3.05) is 26.7 Å².